The van der Waals surface area contributed by atoms with Crippen molar-refractivity contribution in [1.29, 1.82) is 0 Å². The average molecular weight is 465 g/mol. The van der Waals surface area contributed by atoms with E-state index in [0.717, 1.165) is 54.9 Å². The molecule has 2 aliphatic rings. The first-order chi connectivity index (χ1) is 16.5. The molecule has 1 heterocycles. The molecule has 1 unspecified atom stereocenters. The number of amides is 1. The molecule has 0 radical (unpaired) electrons. The average Bonchev–Trinajstić information content (AvgIpc) is 3.69. The summed E-state index contributed by atoms with van der Waals surface area (Å²) in [6.07, 6.45) is 8.48. The van der Waals surface area contributed by atoms with Crippen molar-refractivity contribution in [2.75, 3.05) is 19.7 Å². The Morgan fingerprint density at radius 1 is 1.12 bits per heavy atom. The fourth-order valence-corrected chi connectivity index (χ4v) is 4.64. The van der Waals surface area contributed by atoms with Crippen molar-refractivity contribution in [2.24, 2.45) is 5.92 Å². The molecule has 1 atom stereocenters. The highest BCUT2D eigenvalue weighted by molar-refractivity contribution is 5.94. The van der Waals surface area contributed by atoms with Gasteiger partial charge in [-0.3, -0.25) is 9.59 Å². The van der Waals surface area contributed by atoms with Gasteiger partial charge in [0, 0.05) is 30.6 Å². The van der Waals surface area contributed by atoms with E-state index in [1.165, 1.54) is 12.8 Å². The van der Waals surface area contributed by atoms with Crippen molar-refractivity contribution in [1.82, 2.24) is 10.2 Å². The molecule has 34 heavy (non-hydrogen) atoms. The summed E-state index contributed by atoms with van der Waals surface area (Å²) in [7, 11) is 0. The van der Waals surface area contributed by atoms with Gasteiger partial charge in [0.25, 0.3) is 5.91 Å². The minimum absolute atomic E-state index is 0.0728. The SMILES string of the molecule is CC(CCCC=C(COc1cccc2ccccc12)C(=O)NC1CCN(C2CC2)CC1)C(=O)O. The number of carboxylic acid groups (broad SMARTS) is 1. The number of unbranched alkanes of at least 4 members (excludes halogenated alkanes) is 1. The zero-order chi connectivity index (χ0) is 23.9. The minimum atomic E-state index is -0.779. The maximum atomic E-state index is 13.2. The number of piperidine rings is 1. The number of rotatable bonds is 11. The Labute approximate surface area is 202 Å². The van der Waals surface area contributed by atoms with Gasteiger partial charge in [-0.15, -0.1) is 0 Å². The predicted molar refractivity (Wildman–Crippen MR) is 134 cm³/mol. The molecule has 2 aromatic rings. The third-order valence-corrected chi connectivity index (χ3v) is 7.01. The number of benzene rings is 2. The molecule has 1 aliphatic carbocycles. The Hall–Kier alpha value is -2.86. The van der Waals surface area contributed by atoms with Crippen molar-refractivity contribution in [3.05, 3.63) is 54.1 Å². The monoisotopic (exact) mass is 464 g/mol. The summed E-state index contributed by atoms with van der Waals surface area (Å²) in [6, 6.07) is 14.9. The molecular weight excluding hydrogens is 428 g/mol. The van der Waals surface area contributed by atoms with Crippen molar-refractivity contribution in [2.45, 2.75) is 64.0 Å². The van der Waals surface area contributed by atoms with Crippen LogP contribution in [0.25, 0.3) is 10.8 Å². The van der Waals surface area contributed by atoms with Gasteiger partial charge in [-0.05, 0) is 56.4 Å². The van der Waals surface area contributed by atoms with Crippen molar-refractivity contribution in [3.63, 3.8) is 0 Å². The van der Waals surface area contributed by atoms with Gasteiger partial charge in [0.1, 0.15) is 12.4 Å². The van der Waals surface area contributed by atoms with E-state index in [4.69, 9.17) is 9.84 Å². The second-order valence-electron chi connectivity index (χ2n) is 9.68. The molecule has 6 nitrogen and oxygen atoms in total. The van der Waals surface area contributed by atoms with Crippen molar-refractivity contribution in [3.8, 4) is 5.75 Å². The zero-order valence-electron chi connectivity index (χ0n) is 20.0. The second kappa shape index (κ2) is 11.5. The van der Waals surface area contributed by atoms with Gasteiger partial charge in [0.05, 0.1) is 11.5 Å². The molecule has 4 rings (SSSR count). The fraction of sp³-hybridized carbons (Fsp3) is 0.500. The first-order valence-electron chi connectivity index (χ1n) is 12.6. The molecule has 182 valence electrons. The highest BCUT2D eigenvalue weighted by Crippen LogP contribution is 2.29. The van der Waals surface area contributed by atoms with Crippen LogP contribution in [0, 0.1) is 5.92 Å². The fourth-order valence-electron chi connectivity index (χ4n) is 4.64. The largest absolute Gasteiger partial charge is 0.488 e. The molecule has 2 N–H and O–H groups in total. The highest BCUT2D eigenvalue weighted by atomic mass is 16.5. The Balaban J connectivity index is 1.38. The summed E-state index contributed by atoms with van der Waals surface area (Å²) >= 11 is 0. The Morgan fingerprint density at radius 3 is 2.59 bits per heavy atom. The molecule has 1 amide bonds. The van der Waals surface area contributed by atoms with Crippen LogP contribution in [0.3, 0.4) is 0 Å². The molecule has 1 aliphatic heterocycles. The summed E-state index contributed by atoms with van der Waals surface area (Å²) in [5.41, 5.74) is 0.612. The Kier molecular flexibility index (Phi) is 8.22. The first kappa shape index (κ1) is 24.3. The maximum Gasteiger partial charge on any atom is 0.306 e. The van der Waals surface area contributed by atoms with Gasteiger partial charge in [-0.2, -0.15) is 0 Å². The van der Waals surface area contributed by atoms with Crippen LogP contribution in [0.15, 0.2) is 54.1 Å². The molecule has 1 saturated carbocycles. The number of carbonyl (C=O) groups excluding carboxylic acids is 1. The first-order valence-corrected chi connectivity index (χ1v) is 12.6. The standard InChI is InChI=1S/C28H36N2O4/c1-20(28(32)33)7-2-3-9-22(19-34-26-12-6-10-21-8-4-5-11-25(21)26)27(31)29-23-15-17-30(18-16-23)24-13-14-24/h4-6,8-12,20,23-24H,2-3,7,13-19H2,1H3,(H,29,31)(H,32,33). The number of hydrogen-bond acceptors (Lipinski definition) is 4. The molecule has 1 saturated heterocycles. The van der Waals surface area contributed by atoms with E-state index in [9.17, 15) is 9.59 Å². The number of likely N-dealkylation sites (tertiary alicyclic amines) is 1. The number of carboxylic acids is 1. The lowest BCUT2D eigenvalue weighted by atomic mass is 10.0. The molecule has 6 heteroatoms. The second-order valence-corrected chi connectivity index (χ2v) is 9.68. The molecule has 0 bridgehead atoms. The molecule has 0 aromatic heterocycles. The lowest BCUT2D eigenvalue weighted by molar-refractivity contribution is -0.141. The Bertz CT molecular complexity index is 1020. The van der Waals surface area contributed by atoms with Crippen LogP contribution in [0.1, 0.15) is 51.9 Å². The van der Waals surface area contributed by atoms with E-state index < -0.39 is 5.97 Å². The van der Waals surface area contributed by atoms with Crippen molar-refractivity contribution < 1.29 is 19.4 Å². The summed E-state index contributed by atoms with van der Waals surface area (Å²) in [4.78, 5) is 26.8. The van der Waals surface area contributed by atoms with Crippen LogP contribution < -0.4 is 10.1 Å². The Morgan fingerprint density at radius 2 is 1.85 bits per heavy atom. The number of fused-ring (bicyclic) bond motifs is 1. The number of nitrogens with zero attached hydrogens (tertiary/aromatic N) is 1. The quantitative estimate of drug-likeness (QED) is 0.370. The topological polar surface area (TPSA) is 78.9 Å². The minimum Gasteiger partial charge on any atom is -0.488 e. The number of carbonyl (C=O) groups is 2. The van der Waals surface area contributed by atoms with Gasteiger partial charge >= 0.3 is 5.97 Å². The number of allylic oxidation sites excluding steroid dienone is 1. The zero-order valence-corrected chi connectivity index (χ0v) is 20.0. The van der Waals surface area contributed by atoms with E-state index >= 15 is 0 Å². The van der Waals surface area contributed by atoms with Crippen LogP contribution in [0.2, 0.25) is 0 Å². The number of hydrogen-bond donors (Lipinski definition) is 2. The maximum absolute atomic E-state index is 13.2. The number of aliphatic carboxylic acids is 1. The summed E-state index contributed by atoms with van der Waals surface area (Å²) in [5.74, 6) is -0.474. The van der Waals surface area contributed by atoms with E-state index in [2.05, 4.69) is 10.2 Å². The smallest absolute Gasteiger partial charge is 0.306 e. The highest BCUT2D eigenvalue weighted by Gasteiger charge is 2.32. The summed E-state index contributed by atoms with van der Waals surface area (Å²) < 4.78 is 6.13. The lowest BCUT2D eigenvalue weighted by Gasteiger charge is -2.32. The van der Waals surface area contributed by atoms with Gasteiger partial charge in [0.2, 0.25) is 0 Å². The van der Waals surface area contributed by atoms with Crippen LogP contribution >= 0.6 is 0 Å². The number of nitrogens with one attached hydrogen (secondary N) is 1. The van der Waals surface area contributed by atoms with Crippen LogP contribution in [0.4, 0.5) is 0 Å². The molecule has 2 fully saturated rings. The van der Waals surface area contributed by atoms with E-state index in [1.807, 2.05) is 48.5 Å². The molecule has 0 spiro atoms. The number of ether oxygens (including phenoxy) is 1. The third kappa shape index (κ3) is 6.60. The van der Waals surface area contributed by atoms with Gasteiger partial charge < -0.3 is 20.1 Å². The summed E-state index contributed by atoms with van der Waals surface area (Å²) in [6.45, 7) is 4.01. The molecular formula is C28H36N2O4. The van der Waals surface area contributed by atoms with Crippen molar-refractivity contribution >= 4 is 22.6 Å². The third-order valence-electron chi connectivity index (χ3n) is 7.01. The summed E-state index contributed by atoms with van der Waals surface area (Å²) in [5, 5.41) is 14.5. The van der Waals surface area contributed by atoms with Gasteiger partial charge in [0.15, 0.2) is 0 Å². The normalized spacial score (nSPS) is 18.6. The van der Waals surface area contributed by atoms with Crippen LogP contribution in [-0.4, -0.2) is 53.7 Å². The van der Waals surface area contributed by atoms with Gasteiger partial charge in [-0.1, -0.05) is 49.4 Å². The van der Waals surface area contributed by atoms with Gasteiger partial charge in [-0.25, -0.2) is 0 Å². The van der Waals surface area contributed by atoms with E-state index in [0.29, 0.717) is 18.4 Å². The lowest BCUT2D eigenvalue weighted by Crippen LogP contribution is -2.46. The predicted octanol–water partition coefficient (Wildman–Crippen LogP) is 4.78. The van der Waals surface area contributed by atoms with E-state index in [1.54, 1.807) is 6.92 Å². The van der Waals surface area contributed by atoms with E-state index in [-0.39, 0.29) is 24.5 Å². The molecule has 2 aromatic carbocycles. The van der Waals surface area contributed by atoms with Crippen LogP contribution in [0.5, 0.6) is 5.75 Å². The van der Waals surface area contributed by atoms with Crippen LogP contribution in [-0.2, 0) is 9.59 Å².